The van der Waals surface area contributed by atoms with Crippen molar-refractivity contribution in [2.45, 2.75) is 49.5 Å². The molecule has 4 N–H and O–H groups in total. The summed E-state index contributed by atoms with van der Waals surface area (Å²) in [6.45, 7) is 0.553. The minimum absolute atomic E-state index is 0.212. The number of pyridine rings is 1. The Kier molecular flexibility index (Phi) is 4.95. The smallest absolute Gasteiger partial charge is 0.335 e. The molecule has 2 aliphatic rings. The lowest BCUT2D eigenvalue weighted by Crippen LogP contribution is -2.63. The first-order valence-electron chi connectivity index (χ1n) is 7.97. The molecule has 0 amide bonds. The van der Waals surface area contributed by atoms with E-state index in [1.54, 1.807) is 24.5 Å². The summed E-state index contributed by atoms with van der Waals surface area (Å²) in [5.41, 5.74) is 0.753. The minimum atomic E-state index is -1.74. The van der Waals surface area contributed by atoms with Gasteiger partial charge in [0.25, 0.3) is 6.23 Å². The van der Waals surface area contributed by atoms with Crippen LogP contribution in [0, 0.1) is 4.91 Å². The van der Waals surface area contributed by atoms with Crippen LogP contribution in [-0.4, -0.2) is 62.4 Å². The summed E-state index contributed by atoms with van der Waals surface area (Å²) in [6.07, 6.45) is -3.07. The molecule has 3 rings (SSSR count). The fraction of sp³-hybridized carbons (Fsp3) is 0.600. The summed E-state index contributed by atoms with van der Waals surface area (Å²) in [5.74, 6) is -1.44. The van der Waals surface area contributed by atoms with Crippen LogP contribution >= 0.6 is 0 Å². The van der Waals surface area contributed by atoms with Crippen LogP contribution in [0.5, 0.6) is 0 Å². The predicted octanol–water partition coefficient (Wildman–Crippen LogP) is -1.14. The third-order valence-corrected chi connectivity index (χ3v) is 4.68. The van der Waals surface area contributed by atoms with E-state index in [2.05, 4.69) is 5.29 Å². The summed E-state index contributed by atoms with van der Waals surface area (Å²) in [5, 5.41) is 43.4. The molecule has 3 heterocycles. The Morgan fingerprint density at radius 2 is 2.04 bits per heavy atom. The molecule has 25 heavy (non-hydrogen) atoms. The zero-order valence-corrected chi connectivity index (χ0v) is 13.3. The molecule has 2 saturated heterocycles. The molecule has 0 aliphatic carbocycles. The number of nitrogens with zero attached hydrogens (tertiary/aromatic N) is 3. The molecule has 10 nitrogen and oxygen atoms in total. The van der Waals surface area contributed by atoms with E-state index >= 15 is 0 Å². The second-order valence-electron chi connectivity index (χ2n) is 6.24. The first-order chi connectivity index (χ1) is 11.9. The molecule has 0 spiro atoms. The highest BCUT2D eigenvalue weighted by Gasteiger charge is 2.51. The van der Waals surface area contributed by atoms with Crippen molar-refractivity contribution in [1.29, 1.82) is 0 Å². The van der Waals surface area contributed by atoms with E-state index in [4.69, 9.17) is 9.84 Å². The number of aliphatic carboxylic acids is 1. The van der Waals surface area contributed by atoms with Gasteiger partial charge in [-0.3, -0.25) is 5.01 Å². The van der Waals surface area contributed by atoms with Crippen molar-refractivity contribution in [3.8, 4) is 0 Å². The van der Waals surface area contributed by atoms with Crippen molar-refractivity contribution in [2.75, 3.05) is 6.54 Å². The number of hydrogen-bond donors (Lipinski definition) is 4. The Balaban J connectivity index is 1.89. The summed E-state index contributed by atoms with van der Waals surface area (Å²) >= 11 is 0. The highest BCUT2D eigenvalue weighted by molar-refractivity contribution is 5.73. The zero-order chi connectivity index (χ0) is 18.1. The molecular formula is C15H20N3O7+. The molecule has 2 fully saturated rings. The minimum Gasteiger partial charge on any atom is -0.479 e. The van der Waals surface area contributed by atoms with Gasteiger partial charge in [-0.1, -0.05) is 0 Å². The van der Waals surface area contributed by atoms with E-state index < -0.39 is 36.6 Å². The molecule has 10 heteroatoms. The van der Waals surface area contributed by atoms with Crippen molar-refractivity contribution >= 4 is 5.97 Å². The van der Waals surface area contributed by atoms with Gasteiger partial charge in [0.05, 0.1) is 11.3 Å². The van der Waals surface area contributed by atoms with E-state index in [1.807, 2.05) is 0 Å². The van der Waals surface area contributed by atoms with Crippen LogP contribution < -0.4 is 4.57 Å². The lowest BCUT2D eigenvalue weighted by atomic mass is 9.97. The highest BCUT2D eigenvalue weighted by atomic mass is 16.6. The van der Waals surface area contributed by atoms with Gasteiger partial charge in [-0.15, -0.1) is 4.91 Å². The van der Waals surface area contributed by atoms with Gasteiger partial charge in [-0.2, -0.15) is 4.57 Å². The Bertz CT molecular complexity index is 658. The summed E-state index contributed by atoms with van der Waals surface area (Å²) in [6, 6.07) is 3.25. The van der Waals surface area contributed by atoms with Crippen LogP contribution in [0.3, 0.4) is 0 Å². The lowest BCUT2D eigenvalue weighted by Gasteiger charge is -2.35. The van der Waals surface area contributed by atoms with E-state index in [0.717, 1.165) is 18.4 Å². The molecule has 0 saturated carbocycles. The Hall–Kier alpha value is -2.14. The predicted molar refractivity (Wildman–Crippen MR) is 80.7 cm³/mol. The maximum absolute atomic E-state index is 11.2. The van der Waals surface area contributed by atoms with E-state index in [9.17, 15) is 25.0 Å². The molecule has 136 valence electrons. The van der Waals surface area contributed by atoms with Gasteiger partial charge >= 0.3 is 5.97 Å². The second kappa shape index (κ2) is 7.00. The van der Waals surface area contributed by atoms with Gasteiger partial charge in [0.1, 0.15) is 12.2 Å². The number of nitroso groups, excluding NO2 is 1. The van der Waals surface area contributed by atoms with Crippen molar-refractivity contribution in [2.24, 2.45) is 5.29 Å². The number of rotatable bonds is 4. The fourth-order valence-electron chi connectivity index (χ4n) is 3.37. The largest absolute Gasteiger partial charge is 0.479 e. The molecule has 0 radical (unpaired) electrons. The van der Waals surface area contributed by atoms with Crippen LogP contribution in [-0.2, 0) is 9.53 Å². The standard InChI is InChI=1S/C15H19N3O7/c19-10-11(20)13(15(22)23)25-14(12(10)21)17-5-1-3-8(7-17)9-4-2-6-18(9)16-24/h1,3,5,7,9-14,19-21H,2,4,6H2/p+1/t9-,10+,11+,12-,13+,14-/m1/s1. The maximum atomic E-state index is 11.2. The first-order valence-corrected chi connectivity index (χ1v) is 7.97. The number of carbonyl (C=O) groups is 1. The average Bonchev–Trinajstić information content (AvgIpc) is 3.08. The summed E-state index contributed by atoms with van der Waals surface area (Å²) < 4.78 is 6.73. The number of carboxylic acids is 1. The van der Waals surface area contributed by atoms with E-state index in [1.165, 1.54) is 9.58 Å². The topological polar surface area (TPSA) is 144 Å². The van der Waals surface area contributed by atoms with Crippen LogP contribution in [0.2, 0.25) is 0 Å². The fourth-order valence-corrected chi connectivity index (χ4v) is 3.37. The van der Waals surface area contributed by atoms with Crippen LogP contribution in [0.15, 0.2) is 29.8 Å². The number of ether oxygens (including phenoxy) is 1. The number of aliphatic hydroxyl groups is 3. The van der Waals surface area contributed by atoms with Crippen molar-refractivity contribution in [1.82, 2.24) is 5.01 Å². The van der Waals surface area contributed by atoms with E-state index in [0.29, 0.717) is 6.54 Å². The molecule has 6 atom stereocenters. The lowest BCUT2D eigenvalue weighted by molar-refractivity contribution is -0.777. The van der Waals surface area contributed by atoms with Crippen LogP contribution in [0.1, 0.15) is 30.7 Å². The first kappa shape index (κ1) is 17.7. The Morgan fingerprint density at radius 1 is 1.28 bits per heavy atom. The molecular weight excluding hydrogens is 334 g/mol. The summed E-state index contributed by atoms with van der Waals surface area (Å²) in [7, 11) is 0. The monoisotopic (exact) mass is 354 g/mol. The van der Waals surface area contributed by atoms with Gasteiger partial charge in [0.15, 0.2) is 24.6 Å². The number of aliphatic hydroxyl groups excluding tert-OH is 3. The van der Waals surface area contributed by atoms with E-state index in [-0.39, 0.29) is 6.04 Å². The van der Waals surface area contributed by atoms with Crippen molar-refractivity contribution in [3.05, 3.63) is 35.0 Å². The van der Waals surface area contributed by atoms with Crippen LogP contribution in [0.4, 0.5) is 0 Å². The number of hydrogen-bond acceptors (Lipinski definition) is 7. The average molecular weight is 354 g/mol. The van der Waals surface area contributed by atoms with Gasteiger partial charge in [-0.05, 0) is 18.9 Å². The summed E-state index contributed by atoms with van der Waals surface area (Å²) in [4.78, 5) is 22.1. The van der Waals surface area contributed by atoms with Crippen molar-refractivity contribution < 1.29 is 34.5 Å². The Labute approximate surface area is 142 Å². The third-order valence-electron chi connectivity index (χ3n) is 4.68. The molecule has 1 aromatic heterocycles. The molecule has 0 unspecified atom stereocenters. The van der Waals surface area contributed by atoms with Crippen LogP contribution in [0.25, 0.3) is 0 Å². The Morgan fingerprint density at radius 3 is 2.72 bits per heavy atom. The normalized spacial score (nSPS) is 35.6. The molecule has 2 aliphatic heterocycles. The second-order valence-corrected chi connectivity index (χ2v) is 6.24. The zero-order valence-electron chi connectivity index (χ0n) is 13.3. The van der Waals surface area contributed by atoms with Gasteiger partial charge in [0.2, 0.25) is 0 Å². The van der Waals surface area contributed by atoms with Crippen molar-refractivity contribution in [3.63, 3.8) is 0 Å². The van der Waals surface area contributed by atoms with Gasteiger partial charge < -0.3 is 25.2 Å². The molecule has 0 bridgehead atoms. The SMILES string of the molecule is O=NN1CCC[C@@H]1c1ccc[n+]([C@@H]2O[C@H](C(=O)O)[C@@H](O)[C@H](O)[C@H]2O)c1. The quantitative estimate of drug-likeness (QED) is 0.392. The number of aromatic nitrogens is 1. The molecule has 1 aromatic rings. The van der Waals surface area contributed by atoms with Gasteiger partial charge in [0, 0.05) is 18.2 Å². The number of carboxylic acid groups (broad SMARTS) is 1. The molecule has 0 aromatic carbocycles. The maximum Gasteiger partial charge on any atom is 0.335 e. The highest BCUT2D eigenvalue weighted by Crippen LogP contribution is 2.32. The van der Waals surface area contributed by atoms with Gasteiger partial charge in [-0.25, -0.2) is 4.79 Å². The third kappa shape index (κ3) is 3.21.